The van der Waals surface area contributed by atoms with Crippen molar-refractivity contribution in [3.05, 3.63) is 40.6 Å². The zero-order valence-corrected chi connectivity index (χ0v) is 15.1. The van der Waals surface area contributed by atoms with Gasteiger partial charge >= 0.3 is 5.97 Å². The SMILES string of the molecule is CCCCOc1ccc(C=N/N=C2/NC(=O)/C(=C\C(=O)OC)S2)cc1F. The first kappa shape index (κ1) is 19.6. The molecule has 1 heterocycles. The van der Waals surface area contributed by atoms with Gasteiger partial charge in [-0.2, -0.15) is 5.10 Å². The van der Waals surface area contributed by atoms with E-state index in [0.29, 0.717) is 12.2 Å². The second-order valence-electron chi connectivity index (χ2n) is 5.13. The molecule has 0 unspecified atom stereocenters. The number of amidine groups is 1. The number of benzene rings is 1. The quantitative estimate of drug-likeness (QED) is 0.259. The first-order valence-electron chi connectivity index (χ1n) is 7.85. The number of amides is 1. The summed E-state index contributed by atoms with van der Waals surface area (Å²) in [6, 6.07) is 4.47. The van der Waals surface area contributed by atoms with Crippen molar-refractivity contribution in [3.63, 3.8) is 0 Å². The number of nitrogens with zero attached hydrogens (tertiary/aromatic N) is 2. The van der Waals surface area contributed by atoms with E-state index < -0.39 is 17.7 Å². The molecule has 9 heteroatoms. The molecule has 2 rings (SSSR count). The third-order valence-corrected chi connectivity index (χ3v) is 4.07. The van der Waals surface area contributed by atoms with Crippen LogP contribution in [0, 0.1) is 5.82 Å². The largest absolute Gasteiger partial charge is 0.491 e. The summed E-state index contributed by atoms with van der Waals surface area (Å²) in [5, 5.41) is 10.3. The van der Waals surface area contributed by atoms with Crippen LogP contribution in [0.5, 0.6) is 5.75 Å². The molecule has 1 saturated heterocycles. The standard InChI is InChI=1S/C17H18FN3O4S/c1-3-4-7-25-13-6-5-11(8-12(13)18)10-19-21-17-20-16(23)14(26-17)9-15(22)24-2/h5-6,8-10H,3-4,7H2,1-2H3,(H,20,21,23)/b14-9+,19-10?. The Morgan fingerprint density at radius 2 is 2.23 bits per heavy atom. The number of nitrogens with one attached hydrogen (secondary N) is 1. The van der Waals surface area contributed by atoms with E-state index in [0.717, 1.165) is 30.7 Å². The molecule has 1 aliphatic heterocycles. The van der Waals surface area contributed by atoms with Crippen LogP contribution in [0.4, 0.5) is 4.39 Å². The smallest absolute Gasteiger partial charge is 0.331 e. The van der Waals surface area contributed by atoms with E-state index in [9.17, 15) is 14.0 Å². The Kier molecular flexibility index (Phi) is 7.34. The topological polar surface area (TPSA) is 89.4 Å². The van der Waals surface area contributed by atoms with E-state index in [1.54, 1.807) is 6.07 Å². The maximum Gasteiger partial charge on any atom is 0.331 e. The fourth-order valence-corrected chi connectivity index (χ4v) is 2.57. The van der Waals surface area contributed by atoms with E-state index in [2.05, 4.69) is 20.3 Å². The van der Waals surface area contributed by atoms with E-state index in [1.165, 1.54) is 25.5 Å². The number of hydrogen-bond donors (Lipinski definition) is 1. The number of carbonyl (C=O) groups is 2. The van der Waals surface area contributed by atoms with Gasteiger partial charge < -0.3 is 9.47 Å². The number of unbranched alkanes of at least 4 members (excludes halogenated alkanes) is 1. The number of halogens is 1. The lowest BCUT2D eigenvalue weighted by Crippen LogP contribution is -2.19. The van der Waals surface area contributed by atoms with Crippen molar-refractivity contribution in [1.29, 1.82) is 0 Å². The van der Waals surface area contributed by atoms with Crippen LogP contribution in [0.3, 0.4) is 0 Å². The lowest BCUT2D eigenvalue weighted by molar-refractivity contribution is -0.135. The Morgan fingerprint density at radius 3 is 2.92 bits per heavy atom. The molecule has 1 amide bonds. The Hall–Kier alpha value is -2.68. The van der Waals surface area contributed by atoms with Crippen molar-refractivity contribution in [2.24, 2.45) is 10.2 Å². The Balaban J connectivity index is 1.99. The molecule has 1 N–H and O–H groups in total. The molecule has 0 aromatic heterocycles. The molecule has 0 spiro atoms. The lowest BCUT2D eigenvalue weighted by atomic mass is 10.2. The number of rotatable bonds is 7. The highest BCUT2D eigenvalue weighted by molar-refractivity contribution is 8.18. The number of ether oxygens (including phenoxy) is 2. The fourth-order valence-electron chi connectivity index (χ4n) is 1.83. The second kappa shape index (κ2) is 9.71. The molecule has 1 aromatic carbocycles. The van der Waals surface area contributed by atoms with E-state index in [-0.39, 0.29) is 15.8 Å². The summed E-state index contributed by atoms with van der Waals surface area (Å²) in [5.74, 6) is -1.39. The van der Waals surface area contributed by atoms with Gasteiger partial charge in [0, 0.05) is 6.08 Å². The molecule has 7 nitrogen and oxygen atoms in total. The molecule has 138 valence electrons. The predicted molar refractivity (Wildman–Crippen MR) is 97.7 cm³/mol. The van der Waals surface area contributed by atoms with Crippen LogP contribution >= 0.6 is 11.8 Å². The van der Waals surface area contributed by atoms with Crippen LogP contribution < -0.4 is 10.1 Å². The van der Waals surface area contributed by atoms with Crippen molar-refractivity contribution in [3.8, 4) is 5.75 Å². The summed E-state index contributed by atoms with van der Waals surface area (Å²) in [5.41, 5.74) is 0.495. The van der Waals surface area contributed by atoms with Gasteiger partial charge in [-0.3, -0.25) is 10.1 Å². The summed E-state index contributed by atoms with van der Waals surface area (Å²) >= 11 is 0.956. The summed E-state index contributed by atoms with van der Waals surface area (Å²) < 4.78 is 23.7. The third kappa shape index (κ3) is 5.69. The number of carbonyl (C=O) groups excluding carboxylic acids is 2. The van der Waals surface area contributed by atoms with Crippen LogP contribution in [-0.4, -0.2) is 37.0 Å². The van der Waals surface area contributed by atoms with Gasteiger partial charge in [-0.15, -0.1) is 5.10 Å². The number of esters is 1. The molecule has 0 aliphatic carbocycles. The second-order valence-corrected chi connectivity index (χ2v) is 6.16. The first-order valence-corrected chi connectivity index (χ1v) is 8.67. The molecule has 0 radical (unpaired) electrons. The maximum absolute atomic E-state index is 13.9. The van der Waals surface area contributed by atoms with Crippen molar-refractivity contribution in [1.82, 2.24) is 5.32 Å². The Morgan fingerprint density at radius 1 is 1.42 bits per heavy atom. The van der Waals surface area contributed by atoms with E-state index in [1.807, 2.05) is 6.92 Å². The van der Waals surface area contributed by atoms with Crippen molar-refractivity contribution in [2.75, 3.05) is 13.7 Å². The molecule has 0 saturated carbocycles. The summed E-state index contributed by atoms with van der Waals surface area (Å²) in [7, 11) is 1.22. The minimum absolute atomic E-state index is 0.158. The first-order chi connectivity index (χ1) is 12.5. The van der Waals surface area contributed by atoms with Crippen molar-refractivity contribution < 1.29 is 23.5 Å². The minimum Gasteiger partial charge on any atom is -0.491 e. The molecule has 1 aromatic rings. The molecule has 0 atom stereocenters. The zero-order chi connectivity index (χ0) is 18.9. The van der Waals surface area contributed by atoms with Crippen molar-refractivity contribution in [2.45, 2.75) is 19.8 Å². The van der Waals surface area contributed by atoms with Gasteiger partial charge in [-0.25, -0.2) is 9.18 Å². The summed E-state index contributed by atoms with van der Waals surface area (Å²) in [4.78, 5) is 23.0. The van der Waals surface area contributed by atoms with Crippen LogP contribution in [-0.2, 0) is 14.3 Å². The Labute approximate surface area is 154 Å². The van der Waals surface area contributed by atoms with Crippen LogP contribution in [0.15, 0.2) is 39.4 Å². The number of thioether (sulfide) groups is 1. The number of hydrogen-bond acceptors (Lipinski definition) is 7. The highest BCUT2D eigenvalue weighted by Crippen LogP contribution is 2.23. The van der Waals surface area contributed by atoms with Gasteiger partial charge in [0.2, 0.25) is 0 Å². The van der Waals surface area contributed by atoms with E-state index in [4.69, 9.17) is 4.74 Å². The third-order valence-electron chi connectivity index (χ3n) is 3.17. The van der Waals surface area contributed by atoms with Crippen LogP contribution in [0.25, 0.3) is 0 Å². The summed E-state index contributed by atoms with van der Waals surface area (Å²) in [6.45, 7) is 2.49. The Bertz CT molecular complexity index is 777. The van der Waals surface area contributed by atoms with Gasteiger partial charge in [-0.05, 0) is 41.9 Å². The average molecular weight is 379 g/mol. The van der Waals surface area contributed by atoms with Gasteiger partial charge in [0.05, 0.1) is 24.8 Å². The van der Waals surface area contributed by atoms with Crippen LogP contribution in [0.2, 0.25) is 0 Å². The lowest BCUT2D eigenvalue weighted by Gasteiger charge is -2.06. The minimum atomic E-state index is -0.635. The van der Waals surface area contributed by atoms with E-state index >= 15 is 0 Å². The average Bonchev–Trinajstić information content (AvgIpc) is 2.96. The zero-order valence-electron chi connectivity index (χ0n) is 14.3. The number of methoxy groups -OCH3 is 1. The highest BCUT2D eigenvalue weighted by Gasteiger charge is 2.24. The monoisotopic (exact) mass is 379 g/mol. The normalized spacial score (nSPS) is 17.1. The molecule has 26 heavy (non-hydrogen) atoms. The van der Waals surface area contributed by atoms with Gasteiger partial charge in [0.1, 0.15) is 0 Å². The molecular formula is C17H18FN3O4S. The van der Waals surface area contributed by atoms with Gasteiger partial charge in [-0.1, -0.05) is 13.3 Å². The van der Waals surface area contributed by atoms with Gasteiger partial charge in [0.15, 0.2) is 16.7 Å². The fraction of sp³-hybridized carbons (Fsp3) is 0.294. The predicted octanol–water partition coefficient (Wildman–Crippen LogP) is 2.61. The summed E-state index contributed by atoms with van der Waals surface area (Å²) in [6.07, 6.45) is 4.24. The molecule has 1 aliphatic rings. The molecular weight excluding hydrogens is 361 g/mol. The highest BCUT2D eigenvalue weighted by atomic mass is 32.2. The van der Waals surface area contributed by atoms with Gasteiger partial charge in [0.25, 0.3) is 5.91 Å². The maximum atomic E-state index is 13.9. The van der Waals surface area contributed by atoms with Crippen LogP contribution in [0.1, 0.15) is 25.3 Å². The molecule has 1 fully saturated rings. The van der Waals surface area contributed by atoms with Crippen molar-refractivity contribution >= 4 is 35.0 Å². The molecule has 0 bridgehead atoms.